The number of likely N-dealkylation sites (tertiary alicyclic amines) is 1. The number of amides is 2. The molecule has 0 bridgehead atoms. The molecule has 0 aliphatic carbocycles. The molecule has 1 aliphatic rings. The Bertz CT molecular complexity index is 772. The average Bonchev–Trinajstić information content (AvgIpc) is 3.15. The number of rotatable bonds is 6. The van der Waals surface area contributed by atoms with Gasteiger partial charge in [0.2, 0.25) is 5.91 Å². The molecule has 26 heavy (non-hydrogen) atoms. The lowest BCUT2D eigenvalue weighted by atomic mass is 10.1. The van der Waals surface area contributed by atoms with E-state index in [1.807, 2.05) is 47.4 Å². The molecular formula is C21H22N2O3. The van der Waals surface area contributed by atoms with E-state index < -0.39 is 0 Å². The number of nitrogens with zero attached hydrogens (tertiary/aromatic N) is 1. The molecule has 2 aromatic carbocycles. The van der Waals surface area contributed by atoms with Crippen LogP contribution in [0.2, 0.25) is 0 Å². The van der Waals surface area contributed by atoms with Gasteiger partial charge in [0.05, 0.1) is 6.54 Å². The van der Waals surface area contributed by atoms with Crippen LogP contribution in [0.3, 0.4) is 0 Å². The highest BCUT2D eigenvalue weighted by molar-refractivity contribution is 5.94. The number of para-hydroxylation sites is 1. The maximum Gasteiger partial charge on any atom is 0.253 e. The van der Waals surface area contributed by atoms with E-state index in [4.69, 9.17) is 4.74 Å². The van der Waals surface area contributed by atoms with Gasteiger partial charge in [0.25, 0.3) is 5.91 Å². The summed E-state index contributed by atoms with van der Waals surface area (Å²) in [5.41, 5.74) is 1.58. The Balaban J connectivity index is 1.54. The van der Waals surface area contributed by atoms with Crippen molar-refractivity contribution in [1.82, 2.24) is 10.2 Å². The molecule has 0 unspecified atom stereocenters. The van der Waals surface area contributed by atoms with Crippen LogP contribution in [0, 0.1) is 0 Å². The van der Waals surface area contributed by atoms with E-state index in [-0.39, 0.29) is 17.9 Å². The first kappa shape index (κ1) is 17.7. The van der Waals surface area contributed by atoms with Gasteiger partial charge in [-0.2, -0.15) is 0 Å². The van der Waals surface area contributed by atoms with Crippen LogP contribution >= 0.6 is 0 Å². The fraction of sp³-hybridized carbons (Fsp3) is 0.238. The second-order valence-electron chi connectivity index (χ2n) is 6.21. The van der Waals surface area contributed by atoms with E-state index in [1.165, 1.54) is 6.08 Å². The van der Waals surface area contributed by atoms with Gasteiger partial charge in [0.15, 0.2) is 0 Å². The molecule has 1 atom stereocenters. The zero-order valence-electron chi connectivity index (χ0n) is 14.6. The van der Waals surface area contributed by atoms with Gasteiger partial charge in [0.1, 0.15) is 11.9 Å². The lowest BCUT2D eigenvalue weighted by molar-refractivity contribution is -0.116. The fourth-order valence-electron chi connectivity index (χ4n) is 2.91. The molecule has 0 radical (unpaired) electrons. The summed E-state index contributed by atoms with van der Waals surface area (Å²) in [6, 6.07) is 17.0. The van der Waals surface area contributed by atoms with Crippen molar-refractivity contribution in [3.8, 4) is 5.75 Å². The van der Waals surface area contributed by atoms with Crippen LogP contribution in [0.4, 0.5) is 0 Å². The van der Waals surface area contributed by atoms with Gasteiger partial charge in [0, 0.05) is 25.1 Å². The molecule has 2 amide bonds. The normalized spacial score (nSPS) is 16.2. The minimum absolute atomic E-state index is 0.00541. The van der Waals surface area contributed by atoms with Crippen LogP contribution in [0.5, 0.6) is 5.75 Å². The van der Waals surface area contributed by atoms with Crippen molar-refractivity contribution in [3.63, 3.8) is 0 Å². The van der Waals surface area contributed by atoms with E-state index in [9.17, 15) is 9.59 Å². The van der Waals surface area contributed by atoms with Crippen molar-refractivity contribution in [2.45, 2.75) is 19.1 Å². The van der Waals surface area contributed by atoms with Crippen molar-refractivity contribution >= 4 is 11.8 Å². The lowest BCUT2D eigenvalue weighted by Crippen LogP contribution is -2.31. The smallest absolute Gasteiger partial charge is 0.253 e. The topological polar surface area (TPSA) is 58.6 Å². The van der Waals surface area contributed by atoms with Crippen LogP contribution < -0.4 is 10.1 Å². The van der Waals surface area contributed by atoms with E-state index in [0.717, 1.165) is 17.7 Å². The highest BCUT2D eigenvalue weighted by Gasteiger charge is 2.28. The molecule has 0 aromatic heterocycles. The summed E-state index contributed by atoms with van der Waals surface area (Å²) < 4.78 is 5.93. The number of carbonyl (C=O) groups excluding carboxylic acids is 2. The summed E-state index contributed by atoms with van der Waals surface area (Å²) in [5, 5.41) is 2.71. The standard InChI is InChI=1S/C21H22N2O3/c1-2-20(24)22-14-16-8-10-17(11-9-16)21(25)23-13-12-19(15-23)26-18-6-4-3-5-7-18/h2-11,19H,1,12-15H2,(H,22,24)/t19-/m1/s1. The number of ether oxygens (including phenoxy) is 1. The predicted octanol–water partition coefficient (Wildman–Crippen LogP) is 2.78. The molecule has 134 valence electrons. The Morgan fingerprint density at radius 3 is 2.58 bits per heavy atom. The molecular weight excluding hydrogens is 328 g/mol. The third-order valence-corrected chi connectivity index (χ3v) is 4.33. The first-order valence-corrected chi connectivity index (χ1v) is 8.66. The van der Waals surface area contributed by atoms with Crippen LogP contribution in [-0.4, -0.2) is 35.9 Å². The molecule has 2 aromatic rings. The highest BCUT2D eigenvalue weighted by atomic mass is 16.5. The Kier molecular flexibility index (Phi) is 5.69. The second-order valence-corrected chi connectivity index (χ2v) is 6.21. The maximum absolute atomic E-state index is 12.7. The first-order valence-electron chi connectivity index (χ1n) is 8.66. The fourth-order valence-corrected chi connectivity index (χ4v) is 2.91. The second kappa shape index (κ2) is 8.34. The molecule has 1 saturated heterocycles. The van der Waals surface area contributed by atoms with Crippen molar-refractivity contribution in [1.29, 1.82) is 0 Å². The molecule has 1 N–H and O–H groups in total. The quantitative estimate of drug-likeness (QED) is 0.815. The summed E-state index contributed by atoms with van der Waals surface area (Å²) >= 11 is 0. The van der Waals surface area contributed by atoms with Crippen molar-refractivity contribution in [2.75, 3.05) is 13.1 Å². The number of carbonyl (C=O) groups is 2. The minimum atomic E-state index is -0.216. The number of hydrogen-bond donors (Lipinski definition) is 1. The first-order chi connectivity index (χ1) is 12.7. The van der Waals surface area contributed by atoms with Crippen molar-refractivity contribution < 1.29 is 14.3 Å². The van der Waals surface area contributed by atoms with Gasteiger partial charge >= 0.3 is 0 Å². The summed E-state index contributed by atoms with van der Waals surface area (Å²) in [5.74, 6) is 0.621. The van der Waals surface area contributed by atoms with Crippen LogP contribution in [0.1, 0.15) is 22.3 Å². The predicted molar refractivity (Wildman–Crippen MR) is 99.9 cm³/mol. The third-order valence-electron chi connectivity index (χ3n) is 4.33. The van der Waals surface area contributed by atoms with E-state index in [1.54, 1.807) is 12.1 Å². The SMILES string of the molecule is C=CC(=O)NCc1ccc(C(=O)N2CC[C@@H](Oc3ccccc3)C2)cc1. The minimum Gasteiger partial charge on any atom is -0.489 e. The van der Waals surface area contributed by atoms with Gasteiger partial charge in [-0.05, 0) is 35.9 Å². The van der Waals surface area contributed by atoms with Gasteiger partial charge in [-0.25, -0.2) is 0 Å². The van der Waals surface area contributed by atoms with Gasteiger partial charge < -0.3 is 15.0 Å². The summed E-state index contributed by atoms with van der Waals surface area (Å²) in [4.78, 5) is 25.7. The molecule has 1 aliphatic heterocycles. The maximum atomic E-state index is 12.7. The summed E-state index contributed by atoms with van der Waals surface area (Å²) in [6.45, 7) is 5.10. The van der Waals surface area contributed by atoms with E-state index in [2.05, 4.69) is 11.9 Å². The largest absolute Gasteiger partial charge is 0.489 e. The third kappa shape index (κ3) is 4.51. The molecule has 5 heteroatoms. The molecule has 0 spiro atoms. The zero-order chi connectivity index (χ0) is 18.4. The van der Waals surface area contributed by atoms with Crippen LogP contribution in [-0.2, 0) is 11.3 Å². The van der Waals surface area contributed by atoms with Crippen LogP contribution in [0.15, 0.2) is 67.3 Å². The van der Waals surface area contributed by atoms with Crippen molar-refractivity contribution in [3.05, 3.63) is 78.4 Å². The van der Waals surface area contributed by atoms with Gasteiger partial charge in [-0.15, -0.1) is 0 Å². The average molecular weight is 350 g/mol. The Labute approximate surface area is 153 Å². The Morgan fingerprint density at radius 1 is 1.15 bits per heavy atom. The molecule has 1 heterocycles. The van der Waals surface area contributed by atoms with Gasteiger partial charge in [-0.3, -0.25) is 9.59 Å². The van der Waals surface area contributed by atoms with Crippen molar-refractivity contribution in [2.24, 2.45) is 0 Å². The van der Waals surface area contributed by atoms with Gasteiger partial charge in [-0.1, -0.05) is 36.9 Å². The lowest BCUT2D eigenvalue weighted by Gasteiger charge is -2.17. The number of nitrogens with one attached hydrogen (secondary N) is 1. The molecule has 1 fully saturated rings. The van der Waals surface area contributed by atoms with Crippen LogP contribution in [0.25, 0.3) is 0 Å². The summed E-state index contributed by atoms with van der Waals surface area (Å²) in [7, 11) is 0. The zero-order valence-corrected chi connectivity index (χ0v) is 14.6. The monoisotopic (exact) mass is 350 g/mol. The highest BCUT2D eigenvalue weighted by Crippen LogP contribution is 2.20. The summed E-state index contributed by atoms with van der Waals surface area (Å²) in [6.07, 6.45) is 2.08. The molecule has 5 nitrogen and oxygen atoms in total. The van der Waals surface area contributed by atoms with E-state index in [0.29, 0.717) is 25.2 Å². The van der Waals surface area contributed by atoms with E-state index >= 15 is 0 Å². The number of hydrogen-bond acceptors (Lipinski definition) is 3. The molecule has 3 rings (SSSR count). The number of benzene rings is 2. The molecule has 0 saturated carbocycles. The Morgan fingerprint density at radius 2 is 1.88 bits per heavy atom. The Hall–Kier alpha value is -3.08.